The van der Waals surface area contributed by atoms with E-state index in [1.54, 1.807) is 4.90 Å². The molecule has 0 saturated carbocycles. The summed E-state index contributed by atoms with van der Waals surface area (Å²) in [6, 6.07) is -0.199. The first kappa shape index (κ1) is 13.0. The number of hydrogen-bond donors (Lipinski definition) is 2. The largest absolute Gasteiger partial charge is 0.351 e. The maximum atomic E-state index is 12.6. The molecule has 2 aliphatic heterocycles. The summed E-state index contributed by atoms with van der Waals surface area (Å²) >= 11 is 0. The number of nitrogens with zero attached hydrogens (tertiary/aromatic N) is 3. The highest BCUT2D eigenvalue weighted by Crippen LogP contribution is 2.24. The number of carbonyl (C=O) groups is 2. The quantitative estimate of drug-likeness (QED) is 0.781. The summed E-state index contributed by atoms with van der Waals surface area (Å²) < 4.78 is 0. The molecule has 0 aliphatic carbocycles. The van der Waals surface area contributed by atoms with Gasteiger partial charge in [-0.15, -0.1) is 0 Å². The van der Waals surface area contributed by atoms with Crippen LogP contribution in [-0.4, -0.2) is 51.1 Å². The lowest BCUT2D eigenvalue weighted by atomic mass is 10.0. The Bertz CT molecular complexity index is 553. The summed E-state index contributed by atoms with van der Waals surface area (Å²) in [4.78, 5) is 27.3. The zero-order valence-electron chi connectivity index (χ0n) is 11.6. The van der Waals surface area contributed by atoms with Gasteiger partial charge in [-0.1, -0.05) is 0 Å². The van der Waals surface area contributed by atoms with Crippen LogP contribution < -0.4 is 5.73 Å². The SMILES string of the molecule is C[C@@H]1CCCN1C(=O)c1n[nH]c2c1CN(C(N)=O)CC2. The van der Waals surface area contributed by atoms with Gasteiger partial charge in [0.1, 0.15) is 0 Å². The van der Waals surface area contributed by atoms with E-state index in [0.717, 1.165) is 30.6 Å². The molecule has 108 valence electrons. The zero-order valence-corrected chi connectivity index (χ0v) is 11.6. The summed E-state index contributed by atoms with van der Waals surface area (Å²) in [6.45, 7) is 3.77. The van der Waals surface area contributed by atoms with E-state index in [4.69, 9.17) is 5.73 Å². The van der Waals surface area contributed by atoms with Gasteiger partial charge in [0.15, 0.2) is 5.69 Å². The maximum Gasteiger partial charge on any atom is 0.315 e. The van der Waals surface area contributed by atoms with Gasteiger partial charge in [-0.2, -0.15) is 5.10 Å². The first-order valence-electron chi connectivity index (χ1n) is 6.99. The van der Waals surface area contributed by atoms with E-state index >= 15 is 0 Å². The second kappa shape index (κ2) is 4.81. The van der Waals surface area contributed by atoms with Crippen LogP contribution in [-0.2, 0) is 13.0 Å². The Balaban J connectivity index is 1.87. The van der Waals surface area contributed by atoms with Crippen molar-refractivity contribution in [1.29, 1.82) is 0 Å². The van der Waals surface area contributed by atoms with Crippen molar-refractivity contribution in [3.8, 4) is 0 Å². The van der Waals surface area contributed by atoms with Crippen LogP contribution in [0.1, 0.15) is 41.5 Å². The molecule has 3 amide bonds. The summed E-state index contributed by atoms with van der Waals surface area (Å²) in [5.74, 6) is -0.0428. The molecule has 0 aromatic carbocycles. The molecule has 7 heteroatoms. The first-order chi connectivity index (χ1) is 9.58. The molecule has 0 radical (unpaired) electrons. The fourth-order valence-corrected chi connectivity index (χ4v) is 3.03. The topological polar surface area (TPSA) is 95.3 Å². The highest BCUT2D eigenvalue weighted by atomic mass is 16.2. The fourth-order valence-electron chi connectivity index (χ4n) is 3.03. The van der Waals surface area contributed by atoms with E-state index in [0.29, 0.717) is 25.2 Å². The van der Waals surface area contributed by atoms with E-state index in [1.165, 1.54) is 0 Å². The normalized spacial score (nSPS) is 21.9. The van der Waals surface area contributed by atoms with E-state index in [9.17, 15) is 9.59 Å². The van der Waals surface area contributed by atoms with Crippen molar-refractivity contribution in [2.24, 2.45) is 5.73 Å². The Labute approximate surface area is 117 Å². The molecule has 3 N–H and O–H groups in total. The number of hydrogen-bond acceptors (Lipinski definition) is 3. The molecule has 1 fully saturated rings. The van der Waals surface area contributed by atoms with Gasteiger partial charge in [0.2, 0.25) is 0 Å². The number of nitrogens with two attached hydrogens (primary N) is 1. The number of urea groups is 1. The Morgan fingerprint density at radius 2 is 2.20 bits per heavy atom. The van der Waals surface area contributed by atoms with Crippen LogP contribution in [0, 0.1) is 0 Å². The lowest BCUT2D eigenvalue weighted by molar-refractivity contribution is 0.0739. The number of nitrogens with one attached hydrogen (secondary N) is 1. The number of amides is 3. The van der Waals surface area contributed by atoms with Gasteiger partial charge in [0.25, 0.3) is 5.91 Å². The number of fused-ring (bicyclic) bond motifs is 1. The molecule has 1 aromatic rings. The van der Waals surface area contributed by atoms with Crippen LogP contribution >= 0.6 is 0 Å². The lowest BCUT2D eigenvalue weighted by Gasteiger charge is -2.26. The lowest BCUT2D eigenvalue weighted by Crippen LogP contribution is -2.40. The van der Waals surface area contributed by atoms with Crippen LogP contribution in [0.3, 0.4) is 0 Å². The van der Waals surface area contributed by atoms with Crippen molar-refractivity contribution in [2.45, 2.75) is 38.8 Å². The van der Waals surface area contributed by atoms with Gasteiger partial charge in [0, 0.05) is 36.8 Å². The van der Waals surface area contributed by atoms with Crippen molar-refractivity contribution >= 4 is 11.9 Å². The molecule has 1 aromatic heterocycles. The van der Waals surface area contributed by atoms with Crippen LogP contribution in [0.15, 0.2) is 0 Å². The van der Waals surface area contributed by atoms with E-state index < -0.39 is 6.03 Å². The molecule has 0 bridgehead atoms. The smallest absolute Gasteiger partial charge is 0.315 e. The van der Waals surface area contributed by atoms with Crippen molar-refractivity contribution in [3.05, 3.63) is 17.0 Å². The summed E-state index contributed by atoms with van der Waals surface area (Å²) in [7, 11) is 0. The van der Waals surface area contributed by atoms with Gasteiger partial charge in [-0.25, -0.2) is 4.79 Å². The van der Waals surface area contributed by atoms with Gasteiger partial charge in [-0.05, 0) is 19.8 Å². The molecule has 0 unspecified atom stereocenters. The van der Waals surface area contributed by atoms with Crippen LogP contribution in [0.4, 0.5) is 4.79 Å². The highest BCUT2D eigenvalue weighted by Gasteiger charge is 2.32. The monoisotopic (exact) mass is 277 g/mol. The molecule has 0 spiro atoms. The van der Waals surface area contributed by atoms with Crippen molar-refractivity contribution in [2.75, 3.05) is 13.1 Å². The van der Waals surface area contributed by atoms with Gasteiger partial charge in [0.05, 0.1) is 6.54 Å². The summed E-state index contributed by atoms with van der Waals surface area (Å²) in [5, 5.41) is 7.10. The van der Waals surface area contributed by atoms with Crippen LogP contribution in [0.25, 0.3) is 0 Å². The van der Waals surface area contributed by atoms with Gasteiger partial charge < -0.3 is 15.5 Å². The summed E-state index contributed by atoms with van der Waals surface area (Å²) in [5.41, 5.74) is 7.53. The van der Waals surface area contributed by atoms with E-state index in [1.807, 2.05) is 4.90 Å². The molecule has 20 heavy (non-hydrogen) atoms. The van der Waals surface area contributed by atoms with Crippen molar-refractivity contribution < 1.29 is 9.59 Å². The first-order valence-corrected chi connectivity index (χ1v) is 6.99. The third-order valence-corrected chi connectivity index (χ3v) is 4.26. The molecule has 7 nitrogen and oxygen atoms in total. The molecular formula is C13H19N5O2. The number of primary amides is 1. The third-order valence-electron chi connectivity index (χ3n) is 4.26. The van der Waals surface area contributed by atoms with Gasteiger partial charge in [-0.3, -0.25) is 9.89 Å². The Hall–Kier alpha value is -2.05. The van der Waals surface area contributed by atoms with Crippen molar-refractivity contribution in [1.82, 2.24) is 20.0 Å². The van der Waals surface area contributed by atoms with E-state index in [-0.39, 0.29) is 11.9 Å². The molecule has 1 saturated heterocycles. The number of H-pyrrole nitrogens is 1. The standard InChI is InChI=1S/C13H19N5O2/c1-8-3-2-5-18(8)12(19)11-9-7-17(13(14)20)6-4-10(9)15-16-11/h8H,2-7H2,1H3,(H2,14,20)(H,15,16)/t8-/m1/s1. The third kappa shape index (κ3) is 2.03. The van der Waals surface area contributed by atoms with Crippen LogP contribution in [0.5, 0.6) is 0 Å². The second-order valence-corrected chi connectivity index (χ2v) is 5.53. The number of rotatable bonds is 1. The molecular weight excluding hydrogens is 258 g/mol. The zero-order chi connectivity index (χ0) is 14.3. The minimum absolute atomic E-state index is 0.0428. The summed E-state index contributed by atoms with van der Waals surface area (Å²) in [6.07, 6.45) is 2.73. The highest BCUT2D eigenvalue weighted by molar-refractivity contribution is 5.94. The van der Waals surface area contributed by atoms with Gasteiger partial charge >= 0.3 is 6.03 Å². The van der Waals surface area contributed by atoms with Crippen molar-refractivity contribution in [3.63, 3.8) is 0 Å². The number of aromatic amines is 1. The maximum absolute atomic E-state index is 12.6. The fraction of sp³-hybridized carbons (Fsp3) is 0.615. The average Bonchev–Trinajstić information content (AvgIpc) is 3.03. The minimum atomic E-state index is -0.454. The molecule has 3 heterocycles. The number of carbonyl (C=O) groups excluding carboxylic acids is 2. The Morgan fingerprint density at radius 3 is 2.85 bits per heavy atom. The minimum Gasteiger partial charge on any atom is -0.351 e. The molecule has 2 aliphatic rings. The number of likely N-dealkylation sites (tertiary alicyclic amines) is 1. The average molecular weight is 277 g/mol. The number of aromatic nitrogens is 2. The molecule has 1 atom stereocenters. The Kier molecular flexibility index (Phi) is 3.11. The Morgan fingerprint density at radius 1 is 1.40 bits per heavy atom. The predicted molar refractivity (Wildman–Crippen MR) is 72.0 cm³/mol. The van der Waals surface area contributed by atoms with Crippen LogP contribution in [0.2, 0.25) is 0 Å². The molecule has 3 rings (SSSR count). The van der Waals surface area contributed by atoms with E-state index in [2.05, 4.69) is 17.1 Å². The second-order valence-electron chi connectivity index (χ2n) is 5.53. The predicted octanol–water partition coefficient (Wildman–Crippen LogP) is 0.471.